The Balaban J connectivity index is 2.21. The highest BCUT2D eigenvalue weighted by molar-refractivity contribution is 8.07. The van der Waals surface area contributed by atoms with E-state index in [0.29, 0.717) is 16.7 Å². The predicted molar refractivity (Wildman–Crippen MR) is 91.6 cm³/mol. The molecule has 0 fully saturated rings. The smallest absolute Gasteiger partial charge is 0.206 e. The van der Waals surface area contributed by atoms with E-state index in [1.807, 2.05) is 42.5 Å². The van der Waals surface area contributed by atoms with Crippen molar-refractivity contribution in [1.82, 2.24) is 4.13 Å². The highest BCUT2D eigenvalue weighted by Crippen LogP contribution is 2.41. The minimum Gasteiger partial charge on any atom is -0.206 e. The van der Waals surface area contributed by atoms with Crippen LogP contribution < -0.4 is 4.13 Å². The molecule has 0 saturated heterocycles. The molecule has 4 rings (SSSR count). The van der Waals surface area contributed by atoms with E-state index in [-0.39, 0.29) is 9.79 Å². The van der Waals surface area contributed by atoms with E-state index in [0.717, 1.165) is 10.8 Å². The molecule has 1 aliphatic heterocycles. The molecule has 0 aromatic heterocycles. The van der Waals surface area contributed by atoms with Crippen LogP contribution in [0.4, 0.5) is 0 Å². The normalized spacial score (nSPS) is 17.7. The van der Waals surface area contributed by atoms with Crippen molar-refractivity contribution in [2.24, 2.45) is 0 Å². The molecular formula is C17H13NO4S2. The molecule has 1 aliphatic rings. The van der Waals surface area contributed by atoms with Crippen LogP contribution in [-0.2, 0) is 20.0 Å². The van der Waals surface area contributed by atoms with Crippen LogP contribution in [0, 0.1) is 6.92 Å². The van der Waals surface area contributed by atoms with Gasteiger partial charge in [0.15, 0.2) is 0 Å². The van der Waals surface area contributed by atoms with Crippen LogP contribution in [0.15, 0.2) is 64.4 Å². The minimum absolute atomic E-state index is 0.168. The van der Waals surface area contributed by atoms with E-state index in [2.05, 4.69) is 0 Å². The summed E-state index contributed by atoms with van der Waals surface area (Å²) >= 11 is 0. The molecule has 0 amide bonds. The summed E-state index contributed by atoms with van der Waals surface area (Å²) in [7, 11) is -8.17. The van der Waals surface area contributed by atoms with Crippen LogP contribution in [0.25, 0.3) is 21.9 Å². The van der Waals surface area contributed by atoms with Crippen LogP contribution in [0.3, 0.4) is 0 Å². The van der Waals surface area contributed by atoms with Crippen molar-refractivity contribution >= 4 is 30.8 Å². The van der Waals surface area contributed by atoms with E-state index >= 15 is 0 Å². The fourth-order valence-corrected chi connectivity index (χ4v) is 7.12. The first-order valence-electron chi connectivity index (χ1n) is 7.22. The molecule has 1 heterocycles. The second kappa shape index (κ2) is 4.89. The Morgan fingerprint density at radius 3 is 2.29 bits per heavy atom. The third kappa shape index (κ3) is 2.09. The van der Waals surface area contributed by atoms with Crippen molar-refractivity contribution in [3.63, 3.8) is 0 Å². The van der Waals surface area contributed by atoms with E-state index in [4.69, 9.17) is 0 Å². The highest BCUT2D eigenvalue weighted by Gasteiger charge is 2.41. The van der Waals surface area contributed by atoms with Crippen LogP contribution >= 0.6 is 0 Å². The zero-order valence-electron chi connectivity index (χ0n) is 12.6. The van der Waals surface area contributed by atoms with Gasteiger partial charge in [-0.25, -0.2) is 16.8 Å². The van der Waals surface area contributed by atoms with Crippen molar-refractivity contribution in [3.8, 4) is 11.1 Å². The number of hydrogen-bond acceptors (Lipinski definition) is 4. The molecule has 0 bridgehead atoms. The minimum atomic E-state index is -4.12. The van der Waals surface area contributed by atoms with Gasteiger partial charge in [0.1, 0.15) is 9.79 Å². The van der Waals surface area contributed by atoms with Crippen LogP contribution in [0.1, 0.15) is 5.56 Å². The third-order valence-corrected chi connectivity index (χ3v) is 7.93. The number of sulfonamides is 2. The lowest BCUT2D eigenvalue weighted by molar-refractivity contribution is 0.586. The van der Waals surface area contributed by atoms with Gasteiger partial charge in [-0.05, 0) is 34.9 Å². The molecule has 0 aliphatic carbocycles. The Morgan fingerprint density at radius 1 is 0.792 bits per heavy atom. The maximum atomic E-state index is 12.5. The number of rotatable bonds is 1. The van der Waals surface area contributed by atoms with Gasteiger partial charge in [0.25, 0.3) is 20.0 Å². The lowest BCUT2D eigenvalue weighted by Crippen LogP contribution is -2.21. The lowest BCUT2D eigenvalue weighted by atomic mass is 9.95. The first kappa shape index (κ1) is 15.3. The van der Waals surface area contributed by atoms with Gasteiger partial charge in [-0.2, -0.15) is 0 Å². The van der Waals surface area contributed by atoms with Gasteiger partial charge in [-0.1, -0.05) is 48.5 Å². The lowest BCUT2D eigenvalue weighted by Gasteiger charge is -2.13. The maximum Gasteiger partial charge on any atom is 0.255 e. The van der Waals surface area contributed by atoms with Crippen LogP contribution in [-0.4, -0.2) is 16.8 Å². The van der Waals surface area contributed by atoms with E-state index < -0.39 is 20.0 Å². The predicted octanol–water partition coefficient (Wildman–Crippen LogP) is 2.80. The molecule has 24 heavy (non-hydrogen) atoms. The molecule has 5 nitrogen and oxygen atoms in total. The van der Waals surface area contributed by atoms with Crippen molar-refractivity contribution in [1.29, 1.82) is 0 Å². The van der Waals surface area contributed by atoms with Gasteiger partial charge < -0.3 is 0 Å². The molecule has 0 unspecified atom stereocenters. The van der Waals surface area contributed by atoms with Gasteiger partial charge >= 0.3 is 0 Å². The summed E-state index contributed by atoms with van der Waals surface area (Å²) in [5, 5.41) is 1.83. The monoisotopic (exact) mass is 359 g/mol. The van der Waals surface area contributed by atoms with Gasteiger partial charge in [0.05, 0.1) is 0 Å². The second-order valence-corrected chi connectivity index (χ2v) is 9.23. The number of benzene rings is 3. The third-order valence-electron chi connectivity index (χ3n) is 4.17. The Hall–Kier alpha value is -2.22. The molecular weight excluding hydrogens is 346 g/mol. The van der Waals surface area contributed by atoms with Gasteiger partial charge in [-0.15, -0.1) is 4.13 Å². The van der Waals surface area contributed by atoms with Gasteiger partial charge in [0.2, 0.25) is 0 Å². The largest absolute Gasteiger partial charge is 0.255 e. The van der Waals surface area contributed by atoms with Crippen molar-refractivity contribution in [2.45, 2.75) is 16.7 Å². The molecule has 7 heteroatoms. The van der Waals surface area contributed by atoms with Gasteiger partial charge in [0, 0.05) is 5.56 Å². The Bertz CT molecular complexity index is 1210. The quantitative estimate of drug-likeness (QED) is 0.724. The second-order valence-electron chi connectivity index (χ2n) is 5.70. The average molecular weight is 359 g/mol. The summed E-state index contributed by atoms with van der Waals surface area (Å²) in [6.07, 6.45) is 0. The maximum absolute atomic E-state index is 12.5. The number of fused-ring (bicyclic) bond motifs is 2. The molecule has 0 saturated carbocycles. The first-order chi connectivity index (χ1) is 11.3. The number of nitrogens with one attached hydrogen (secondary N) is 1. The molecule has 3 aromatic rings. The topological polar surface area (TPSA) is 80.3 Å². The van der Waals surface area contributed by atoms with Crippen molar-refractivity contribution < 1.29 is 16.8 Å². The fourth-order valence-electron chi connectivity index (χ4n) is 3.15. The molecule has 122 valence electrons. The summed E-state index contributed by atoms with van der Waals surface area (Å²) in [5.74, 6) is 0. The molecule has 1 N–H and O–H groups in total. The molecule has 0 radical (unpaired) electrons. The van der Waals surface area contributed by atoms with E-state index in [1.165, 1.54) is 6.07 Å². The van der Waals surface area contributed by atoms with E-state index in [9.17, 15) is 16.8 Å². The standard InChI is InChI=1S/C17H13NO4S2/c1-11-9-10-15-17(24(21,22)18-23(15,19)20)16(11)14-8-4-6-12-5-2-3-7-13(12)14/h2-10,18H,1H3. The van der Waals surface area contributed by atoms with Crippen molar-refractivity contribution in [2.75, 3.05) is 0 Å². The summed E-state index contributed by atoms with van der Waals surface area (Å²) in [5.41, 5.74) is 1.83. The molecule has 0 spiro atoms. The number of aryl methyl sites for hydroxylation is 1. The summed E-state index contributed by atoms with van der Waals surface area (Å²) in [6, 6.07) is 16.1. The highest BCUT2D eigenvalue weighted by atomic mass is 32.3. The summed E-state index contributed by atoms with van der Waals surface area (Å²) in [6.45, 7) is 1.78. The SMILES string of the molecule is Cc1ccc2c(c1-c1cccc3ccccc13)S(=O)(=O)NS2(=O)=O. The summed E-state index contributed by atoms with van der Waals surface area (Å²) in [4.78, 5) is -0.366. The Morgan fingerprint density at radius 2 is 1.50 bits per heavy atom. The summed E-state index contributed by atoms with van der Waals surface area (Å²) < 4.78 is 51.0. The van der Waals surface area contributed by atoms with E-state index in [1.54, 1.807) is 17.1 Å². The Labute approximate surface area is 140 Å². The Kier molecular flexibility index (Phi) is 3.12. The fraction of sp³-hybridized carbons (Fsp3) is 0.0588. The zero-order valence-corrected chi connectivity index (χ0v) is 14.3. The van der Waals surface area contributed by atoms with Crippen LogP contribution in [0.2, 0.25) is 0 Å². The van der Waals surface area contributed by atoms with Crippen molar-refractivity contribution in [3.05, 3.63) is 60.2 Å². The zero-order chi connectivity index (χ0) is 17.1. The number of hydrogen-bond donors (Lipinski definition) is 1. The molecule has 3 aromatic carbocycles. The van der Waals surface area contributed by atoms with Gasteiger partial charge in [-0.3, -0.25) is 0 Å². The average Bonchev–Trinajstić information content (AvgIpc) is 2.71. The first-order valence-corrected chi connectivity index (χ1v) is 10.2. The van der Waals surface area contributed by atoms with Crippen LogP contribution in [0.5, 0.6) is 0 Å². The molecule has 0 atom stereocenters.